The highest BCUT2D eigenvalue weighted by atomic mass is 35.5. The molecule has 0 fully saturated rings. The molecule has 0 radical (unpaired) electrons. The molecule has 1 aromatic heterocycles. The van der Waals surface area contributed by atoms with E-state index < -0.39 is 10.8 Å². The number of carbonyl (C=O) groups is 1. The van der Waals surface area contributed by atoms with Gasteiger partial charge in [0.15, 0.2) is 11.0 Å². The van der Waals surface area contributed by atoms with Crippen LogP contribution in [0.4, 0.5) is 0 Å². The van der Waals surface area contributed by atoms with E-state index in [4.69, 9.17) is 11.6 Å². The smallest absolute Gasteiger partial charge is 0.234 e. The molecular formula is C19H24ClN5OS. The number of carbonyl (C=O) groups excluding carboxylic acids is 1. The molecule has 0 aliphatic rings. The molecule has 144 valence electrons. The highest BCUT2D eigenvalue weighted by molar-refractivity contribution is 8.00. The molecular weight excluding hydrogens is 382 g/mol. The van der Waals surface area contributed by atoms with Crippen LogP contribution in [0, 0.1) is 17.2 Å². The number of amides is 1. The zero-order valence-corrected chi connectivity index (χ0v) is 17.7. The first-order chi connectivity index (χ1) is 12.7. The van der Waals surface area contributed by atoms with Crippen molar-refractivity contribution < 1.29 is 4.79 Å². The molecule has 0 saturated heterocycles. The van der Waals surface area contributed by atoms with Crippen LogP contribution in [0.2, 0.25) is 5.02 Å². The second-order valence-electron chi connectivity index (χ2n) is 6.78. The van der Waals surface area contributed by atoms with Gasteiger partial charge < -0.3 is 9.88 Å². The van der Waals surface area contributed by atoms with Gasteiger partial charge in [0.25, 0.3) is 0 Å². The van der Waals surface area contributed by atoms with Gasteiger partial charge in [0, 0.05) is 17.1 Å². The molecule has 1 N–H and O–H groups in total. The third kappa shape index (κ3) is 4.82. The fourth-order valence-electron chi connectivity index (χ4n) is 2.34. The zero-order chi connectivity index (χ0) is 20.2. The minimum Gasteiger partial charge on any atom is -0.337 e. The van der Waals surface area contributed by atoms with E-state index in [0.717, 1.165) is 11.4 Å². The van der Waals surface area contributed by atoms with E-state index in [0.29, 0.717) is 16.7 Å². The summed E-state index contributed by atoms with van der Waals surface area (Å²) in [6.45, 7) is 10.0. The van der Waals surface area contributed by atoms with Crippen molar-refractivity contribution in [2.24, 2.45) is 5.92 Å². The average molecular weight is 406 g/mol. The Labute approximate surface area is 169 Å². The fraction of sp³-hybridized carbons (Fsp3) is 0.474. The SMILES string of the molecule is CCn1c(S[C@H](C)C(=O)N[C@@](C)(C#N)C(C)C)nnc1-c1ccc(Cl)cc1. The Balaban J connectivity index is 2.19. The van der Waals surface area contributed by atoms with Crippen LogP contribution in [0.15, 0.2) is 29.4 Å². The van der Waals surface area contributed by atoms with Crippen LogP contribution in [-0.4, -0.2) is 31.5 Å². The van der Waals surface area contributed by atoms with E-state index in [9.17, 15) is 10.1 Å². The number of aromatic nitrogens is 3. The van der Waals surface area contributed by atoms with E-state index in [1.165, 1.54) is 11.8 Å². The molecule has 0 aliphatic carbocycles. The standard InChI is InChI=1S/C19H24ClN5OS/c1-6-25-16(14-7-9-15(20)10-8-14)23-24-18(25)27-13(4)17(26)22-19(5,11-21)12(2)3/h7-10,12-13H,6H2,1-5H3,(H,22,26)/t13-,19+/m1/s1. The molecule has 0 aliphatic heterocycles. The van der Waals surface area contributed by atoms with Crippen molar-refractivity contribution in [3.05, 3.63) is 29.3 Å². The lowest BCUT2D eigenvalue weighted by Crippen LogP contribution is -2.51. The van der Waals surface area contributed by atoms with Gasteiger partial charge in [0.05, 0.1) is 11.3 Å². The lowest BCUT2D eigenvalue weighted by Gasteiger charge is -2.28. The van der Waals surface area contributed by atoms with E-state index in [1.54, 1.807) is 13.8 Å². The zero-order valence-electron chi connectivity index (χ0n) is 16.2. The number of nitrogens with one attached hydrogen (secondary N) is 1. The summed E-state index contributed by atoms with van der Waals surface area (Å²) >= 11 is 7.28. The summed E-state index contributed by atoms with van der Waals surface area (Å²) in [5, 5.41) is 21.7. The van der Waals surface area contributed by atoms with E-state index in [-0.39, 0.29) is 11.8 Å². The molecule has 27 heavy (non-hydrogen) atoms. The average Bonchev–Trinajstić information content (AvgIpc) is 3.04. The molecule has 0 spiro atoms. The van der Waals surface area contributed by atoms with Gasteiger partial charge in [-0.3, -0.25) is 4.79 Å². The summed E-state index contributed by atoms with van der Waals surface area (Å²) in [6, 6.07) is 9.60. The molecule has 2 rings (SSSR count). The van der Waals surface area contributed by atoms with Crippen molar-refractivity contribution in [3.8, 4) is 17.5 Å². The highest BCUT2D eigenvalue weighted by Gasteiger charge is 2.32. The first-order valence-corrected chi connectivity index (χ1v) is 10.1. The minimum absolute atomic E-state index is 0.000507. The van der Waals surface area contributed by atoms with Gasteiger partial charge in [-0.25, -0.2) is 0 Å². The summed E-state index contributed by atoms with van der Waals surface area (Å²) in [4.78, 5) is 12.6. The van der Waals surface area contributed by atoms with Gasteiger partial charge >= 0.3 is 0 Å². The number of rotatable bonds is 7. The van der Waals surface area contributed by atoms with Crippen molar-refractivity contribution in [1.29, 1.82) is 5.26 Å². The Bertz CT molecular complexity index is 843. The fourth-order valence-corrected chi connectivity index (χ4v) is 3.38. The molecule has 0 unspecified atom stereocenters. The van der Waals surface area contributed by atoms with Crippen LogP contribution in [0.3, 0.4) is 0 Å². The van der Waals surface area contributed by atoms with Crippen LogP contribution < -0.4 is 5.32 Å². The number of nitrogens with zero attached hydrogens (tertiary/aromatic N) is 4. The van der Waals surface area contributed by atoms with Crippen molar-refractivity contribution >= 4 is 29.3 Å². The predicted molar refractivity (Wildman–Crippen MR) is 108 cm³/mol. The largest absolute Gasteiger partial charge is 0.337 e. The lowest BCUT2D eigenvalue weighted by molar-refractivity contribution is -0.121. The van der Waals surface area contributed by atoms with Crippen molar-refractivity contribution in [1.82, 2.24) is 20.1 Å². The molecule has 0 bridgehead atoms. The third-order valence-electron chi connectivity index (χ3n) is 4.56. The summed E-state index contributed by atoms with van der Waals surface area (Å²) < 4.78 is 1.96. The monoisotopic (exact) mass is 405 g/mol. The number of hydrogen-bond acceptors (Lipinski definition) is 5. The van der Waals surface area contributed by atoms with Crippen molar-refractivity contribution in [3.63, 3.8) is 0 Å². The van der Waals surface area contributed by atoms with Crippen LogP contribution >= 0.6 is 23.4 Å². The van der Waals surface area contributed by atoms with Gasteiger partial charge in [-0.1, -0.05) is 37.2 Å². The summed E-state index contributed by atoms with van der Waals surface area (Å²) in [6.07, 6.45) is 0. The molecule has 8 heteroatoms. The maximum Gasteiger partial charge on any atom is 0.234 e. The number of hydrogen-bond donors (Lipinski definition) is 1. The number of benzene rings is 1. The summed E-state index contributed by atoms with van der Waals surface area (Å²) in [5.74, 6) is 0.532. The molecule has 1 amide bonds. The lowest BCUT2D eigenvalue weighted by atomic mass is 9.90. The van der Waals surface area contributed by atoms with Crippen molar-refractivity contribution in [2.75, 3.05) is 0 Å². The quantitative estimate of drug-likeness (QED) is 0.699. The second-order valence-corrected chi connectivity index (χ2v) is 8.52. The summed E-state index contributed by atoms with van der Waals surface area (Å²) in [5.41, 5.74) is 0.00767. The van der Waals surface area contributed by atoms with E-state index >= 15 is 0 Å². The van der Waals surface area contributed by atoms with E-state index in [2.05, 4.69) is 21.6 Å². The number of nitriles is 1. The third-order valence-corrected chi connectivity index (χ3v) is 5.89. The molecule has 2 aromatic rings. The molecule has 1 heterocycles. The first kappa shape index (κ1) is 21.3. The Morgan fingerprint density at radius 2 is 1.96 bits per heavy atom. The maximum atomic E-state index is 12.6. The molecule has 6 nitrogen and oxygen atoms in total. The first-order valence-electron chi connectivity index (χ1n) is 8.81. The van der Waals surface area contributed by atoms with Crippen molar-refractivity contribution in [2.45, 2.75) is 57.1 Å². The Morgan fingerprint density at radius 1 is 1.33 bits per heavy atom. The highest BCUT2D eigenvalue weighted by Crippen LogP contribution is 2.28. The van der Waals surface area contributed by atoms with Crippen LogP contribution in [-0.2, 0) is 11.3 Å². The Morgan fingerprint density at radius 3 is 2.48 bits per heavy atom. The van der Waals surface area contributed by atoms with Gasteiger partial charge in [-0.15, -0.1) is 10.2 Å². The van der Waals surface area contributed by atoms with E-state index in [1.807, 2.05) is 49.6 Å². The van der Waals surface area contributed by atoms with Gasteiger partial charge in [-0.05, 0) is 51.0 Å². The normalized spacial score (nSPS) is 14.4. The summed E-state index contributed by atoms with van der Waals surface area (Å²) in [7, 11) is 0. The minimum atomic E-state index is -0.904. The Hall–Kier alpha value is -2.04. The van der Waals surface area contributed by atoms with Gasteiger partial charge in [0.1, 0.15) is 5.54 Å². The maximum absolute atomic E-state index is 12.6. The number of thioether (sulfide) groups is 1. The molecule has 2 atom stereocenters. The van der Waals surface area contributed by atoms with Crippen LogP contribution in [0.1, 0.15) is 34.6 Å². The Kier molecular flexibility index (Phi) is 6.90. The molecule has 1 aromatic carbocycles. The second kappa shape index (κ2) is 8.77. The number of halogens is 1. The van der Waals surface area contributed by atoms with Crippen LogP contribution in [0.5, 0.6) is 0 Å². The molecule has 0 saturated carbocycles. The van der Waals surface area contributed by atoms with Crippen LogP contribution in [0.25, 0.3) is 11.4 Å². The topological polar surface area (TPSA) is 83.6 Å². The van der Waals surface area contributed by atoms with Gasteiger partial charge in [0.2, 0.25) is 5.91 Å². The van der Waals surface area contributed by atoms with Gasteiger partial charge in [-0.2, -0.15) is 5.26 Å². The predicted octanol–water partition coefficient (Wildman–Crippen LogP) is 4.15.